The number of hydrogen-bond donors (Lipinski definition) is 1. The highest BCUT2D eigenvalue weighted by atomic mass is 16.5. The number of benzene rings is 3. The van der Waals surface area contributed by atoms with Gasteiger partial charge in [-0.15, -0.1) is 0 Å². The van der Waals surface area contributed by atoms with Crippen molar-refractivity contribution in [3.63, 3.8) is 0 Å². The van der Waals surface area contributed by atoms with Gasteiger partial charge < -0.3 is 19.5 Å². The number of ether oxygens (including phenoxy) is 1. The summed E-state index contributed by atoms with van der Waals surface area (Å²) in [4.78, 5) is 32.2. The van der Waals surface area contributed by atoms with E-state index >= 15 is 0 Å². The number of rotatable bonds is 8. The Kier molecular flexibility index (Phi) is 7.15. The number of imidazole rings is 1. The fourth-order valence-corrected chi connectivity index (χ4v) is 3.98. The fourth-order valence-electron chi connectivity index (χ4n) is 3.98. The van der Waals surface area contributed by atoms with Crippen molar-refractivity contribution in [3.8, 4) is 5.75 Å². The molecule has 3 aromatic carbocycles. The van der Waals surface area contributed by atoms with Crippen LogP contribution >= 0.6 is 0 Å². The average Bonchev–Trinajstić information content (AvgIpc) is 3.23. The summed E-state index contributed by atoms with van der Waals surface area (Å²) in [6.07, 6.45) is 0. The summed E-state index contributed by atoms with van der Waals surface area (Å²) in [7, 11) is 1.76. The molecule has 2 amide bonds. The van der Waals surface area contributed by atoms with Gasteiger partial charge in [0.05, 0.1) is 17.1 Å². The fraction of sp³-hybridized carbons (Fsp3) is 0.250. The number of nitrogens with zero attached hydrogens (tertiary/aromatic N) is 3. The largest absolute Gasteiger partial charge is 0.483 e. The minimum Gasteiger partial charge on any atom is -0.483 e. The maximum absolute atomic E-state index is 13.1. The monoisotopic (exact) mass is 470 g/mol. The highest BCUT2D eigenvalue weighted by molar-refractivity contribution is 5.93. The number of amides is 2. The molecule has 180 valence electrons. The molecule has 7 nitrogen and oxygen atoms in total. The number of likely N-dealkylation sites (N-methyl/N-ethyl adjacent to an activating group) is 1. The highest BCUT2D eigenvalue weighted by Crippen LogP contribution is 2.23. The van der Waals surface area contributed by atoms with Gasteiger partial charge in [-0.25, -0.2) is 4.98 Å². The van der Waals surface area contributed by atoms with Crippen LogP contribution in [0, 0.1) is 13.8 Å². The first kappa shape index (κ1) is 24.0. The van der Waals surface area contributed by atoms with E-state index in [0.717, 1.165) is 27.8 Å². The zero-order valence-electron chi connectivity index (χ0n) is 20.5. The number of aryl methyl sites for hydroxylation is 2. The van der Waals surface area contributed by atoms with Gasteiger partial charge in [-0.2, -0.15) is 0 Å². The molecule has 4 rings (SSSR count). The molecule has 0 aliphatic rings. The smallest absolute Gasteiger partial charge is 0.258 e. The lowest BCUT2D eigenvalue weighted by Gasteiger charge is -2.20. The van der Waals surface area contributed by atoms with Crippen molar-refractivity contribution in [1.29, 1.82) is 0 Å². The Morgan fingerprint density at radius 3 is 2.51 bits per heavy atom. The molecular formula is C28H30N4O3. The van der Waals surface area contributed by atoms with Gasteiger partial charge in [-0.1, -0.05) is 42.5 Å². The summed E-state index contributed by atoms with van der Waals surface area (Å²) in [5.74, 6) is 0.956. The Hall–Kier alpha value is -4.13. The molecule has 1 atom stereocenters. The standard InChI is InChI=1S/C28H30N4O3/c1-19-14-15-20(2)25(16-19)35-18-26(33)29-21(3)28-30-23-12-8-9-13-24(23)32(28)17-27(34)31(4)22-10-6-5-7-11-22/h5-16,21H,17-18H2,1-4H3,(H,29,33). The topological polar surface area (TPSA) is 76.5 Å². The molecule has 0 aliphatic heterocycles. The van der Waals surface area contributed by atoms with E-state index in [1.807, 2.05) is 98.1 Å². The average molecular weight is 471 g/mol. The second-order valence-corrected chi connectivity index (χ2v) is 8.68. The maximum Gasteiger partial charge on any atom is 0.258 e. The molecule has 1 N–H and O–H groups in total. The van der Waals surface area contributed by atoms with Crippen LogP contribution in [0.1, 0.15) is 29.9 Å². The molecule has 0 aliphatic carbocycles. The van der Waals surface area contributed by atoms with Crippen molar-refractivity contribution in [2.24, 2.45) is 0 Å². The molecule has 1 heterocycles. The summed E-state index contributed by atoms with van der Waals surface area (Å²) >= 11 is 0. The predicted octanol–water partition coefficient (Wildman–Crippen LogP) is 4.57. The van der Waals surface area contributed by atoms with E-state index in [2.05, 4.69) is 5.32 Å². The van der Waals surface area contributed by atoms with Crippen LogP contribution in [0.3, 0.4) is 0 Å². The van der Waals surface area contributed by atoms with Gasteiger partial charge in [0.2, 0.25) is 5.91 Å². The number of hydrogen-bond acceptors (Lipinski definition) is 4. The summed E-state index contributed by atoms with van der Waals surface area (Å²) in [6, 6.07) is 22.6. The number of fused-ring (bicyclic) bond motifs is 1. The lowest BCUT2D eigenvalue weighted by Crippen LogP contribution is -2.34. The number of anilines is 1. The maximum atomic E-state index is 13.1. The quantitative estimate of drug-likeness (QED) is 0.409. The first-order valence-corrected chi connectivity index (χ1v) is 11.6. The van der Waals surface area contributed by atoms with Crippen LogP contribution in [-0.4, -0.2) is 35.0 Å². The molecule has 0 bridgehead atoms. The van der Waals surface area contributed by atoms with Gasteiger partial charge in [0.1, 0.15) is 18.1 Å². The minimum atomic E-state index is -0.424. The van der Waals surface area contributed by atoms with Crippen LogP contribution in [0.2, 0.25) is 0 Å². The Balaban J connectivity index is 1.51. The molecule has 7 heteroatoms. The van der Waals surface area contributed by atoms with E-state index in [1.165, 1.54) is 0 Å². The Morgan fingerprint density at radius 2 is 1.74 bits per heavy atom. The molecular weight excluding hydrogens is 440 g/mol. The Labute approximate surface area is 205 Å². The lowest BCUT2D eigenvalue weighted by molar-refractivity contribution is -0.123. The molecule has 0 saturated heterocycles. The first-order valence-electron chi connectivity index (χ1n) is 11.6. The summed E-state index contributed by atoms with van der Waals surface area (Å²) in [5, 5.41) is 2.96. The molecule has 0 radical (unpaired) electrons. The molecule has 1 unspecified atom stereocenters. The van der Waals surface area contributed by atoms with E-state index in [4.69, 9.17) is 9.72 Å². The normalized spacial score (nSPS) is 11.8. The van der Waals surface area contributed by atoms with Crippen molar-refractivity contribution < 1.29 is 14.3 Å². The number of carbonyl (C=O) groups excluding carboxylic acids is 2. The zero-order chi connectivity index (χ0) is 24.9. The third-order valence-corrected chi connectivity index (χ3v) is 5.96. The number of para-hydroxylation sites is 3. The number of carbonyl (C=O) groups is 2. The van der Waals surface area contributed by atoms with Crippen molar-refractivity contribution in [1.82, 2.24) is 14.9 Å². The SMILES string of the molecule is Cc1ccc(C)c(OCC(=O)NC(C)c2nc3ccccc3n2CC(=O)N(C)c2ccccc2)c1. The third kappa shape index (κ3) is 5.51. The van der Waals surface area contributed by atoms with E-state index in [9.17, 15) is 9.59 Å². The molecule has 0 spiro atoms. The Bertz CT molecular complexity index is 1350. The van der Waals surface area contributed by atoms with E-state index < -0.39 is 6.04 Å². The number of aromatic nitrogens is 2. The van der Waals surface area contributed by atoms with Crippen molar-refractivity contribution in [2.75, 3.05) is 18.6 Å². The minimum absolute atomic E-state index is 0.0858. The first-order chi connectivity index (χ1) is 16.8. The highest BCUT2D eigenvalue weighted by Gasteiger charge is 2.22. The van der Waals surface area contributed by atoms with Crippen molar-refractivity contribution in [2.45, 2.75) is 33.4 Å². The third-order valence-electron chi connectivity index (χ3n) is 5.96. The predicted molar refractivity (Wildman–Crippen MR) is 138 cm³/mol. The van der Waals surface area contributed by atoms with Gasteiger partial charge in [0.15, 0.2) is 6.61 Å². The van der Waals surface area contributed by atoms with Gasteiger partial charge in [0, 0.05) is 12.7 Å². The molecule has 0 saturated carbocycles. The molecule has 0 fully saturated rings. The van der Waals surface area contributed by atoms with Gasteiger partial charge in [-0.05, 0) is 62.2 Å². The van der Waals surface area contributed by atoms with Crippen LogP contribution in [0.5, 0.6) is 5.75 Å². The van der Waals surface area contributed by atoms with Crippen LogP contribution in [0.25, 0.3) is 11.0 Å². The van der Waals surface area contributed by atoms with E-state index in [1.54, 1.807) is 11.9 Å². The molecule has 1 aromatic heterocycles. The van der Waals surface area contributed by atoms with Gasteiger partial charge in [-0.3, -0.25) is 9.59 Å². The van der Waals surface area contributed by atoms with Crippen LogP contribution in [0.4, 0.5) is 5.69 Å². The Morgan fingerprint density at radius 1 is 1.03 bits per heavy atom. The van der Waals surface area contributed by atoms with E-state index in [-0.39, 0.29) is 25.0 Å². The molecule has 4 aromatic rings. The second-order valence-electron chi connectivity index (χ2n) is 8.68. The van der Waals surface area contributed by atoms with Gasteiger partial charge in [0.25, 0.3) is 5.91 Å². The number of nitrogens with one attached hydrogen (secondary N) is 1. The van der Waals surface area contributed by atoms with Crippen LogP contribution < -0.4 is 15.0 Å². The summed E-state index contributed by atoms with van der Waals surface area (Å²) < 4.78 is 7.62. The zero-order valence-corrected chi connectivity index (χ0v) is 20.5. The van der Waals surface area contributed by atoms with E-state index in [0.29, 0.717) is 11.6 Å². The molecule has 35 heavy (non-hydrogen) atoms. The summed E-state index contributed by atoms with van der Waals surface area (Å²) in [6.45, 7) is 5.78. The lowest BCUT2D eigenvalue weighted by atomic mass is 10.1. The summed E-state index contributed by atoms with van der Waals surface area (Å²) in [5.41, 5.74) is 4.46. The van der Waals surface area contributed by atoms with Crippen LogP contribution in [-0.2, 0) is 16.1 Å². The van der Waals surface area contributed by atoms with Gasteiger partial charge >= 0.3 is 0 Å². The van der Waals surface area contributed by atoms with Crippen LogP contribution in [0.15, 0.2) is 72.8 Å². The van der Waals surface area contributed by atoms with Crippen molar-refractivity contribution >= 4 is 28.5 Å². The second kappa shape index (κ2) is 10.4. The van der Waals surface area contributed by atoms with Crippen molar-refractivity contribution in [3.05, 3.63) is 89.7 Å².